The zero-order chi connectivity index (χ0) is 17.0. The summed E-state index contributed by atoms with van der Waals surface area (Å²) in [5, 5.41) is 1.71. The van der Waals surface area contributed by atoms with E-state index in [0.717, 1.165) is 31.3 Å². The van der Waals surface area contributed by atoms with E-state index in [2.05, 4.69) is 5.94 Å². The van der Waals surface area contributed by atoms with Gasteiger partial charge in [0.15, 0.2) is 0 Å². The highest BCUT2D eigenvalue weighted by Gasteiger charge is 2.60. The first kappa shape index (κ1) is 17.2. The van der Waals surface area contributed by atoms with E-state index in [0.29, 0.717) is 17.8 Å². The third-order valence-electron chi connectivity index (χ3n) is 5.24. The Kier molecular flexibility index (Phi) is 4.04. The first-order valence-electron chi connectivity index (χ1n) is 8.96. The fraction of sp³-hybridized carbons (Fsp3) is 0.895. The van der Waals surface area contributed by atoms with Gasteiger partial charge >= 0.3 is 0 Å². The predicted octanol–water partition coefficient (Wildman–Crippen LogP) is 4.09. The Balaban J connectivity index is 2.00. The first-order chi connectivity index (χ1) is 10.5. The van der Waals surface area contributed by atoms with Gasteiger partial charge in [-0.25, -0.2) is 4.79 Å². The lowest BCUT2D eigenvalue weighted by molar-refractivity contribution is -0.469. The van der Waals surface area contributed by atoms with Crippen molar-refractivity contribution in [1.29, 1.82) is 0 Å². The maximum atomic E-state index is 11.8. The van der Waals surface area contributed by atoms with Gasteiger partial charge in [-0.15, -0.1) is 0 Å². The van der Waals surface area contributed by atoms with Crippen molar-refractivity contribution in [2.45, 2.75) is 90.4 Å². The molecule has 0 saturated heterocycles. The van der Waals surface area contributed by atoms with E-state index in [1.54, 1.807) is 5.23 Å². The Morgan fingerprint density at radius 3 is 1.83 bits per heavy atom. The minimum Gasteiger partial charge on any atom is -0.268 e. The molecule has 4 nitrogen and oxygen atoms in total. The van der Waals surface area contributed by atoms with Crippen molar-refractivity contribution in [3.8, 4) is 0 Å². The fourth-order valence-corrected chi connectivity index (χ4v) is 4.89. The monoisotopic (exact) mass is 321 g/mol. The molecule has 0 aromatic rings. The summed E-state index contributed by atoms with van der Waals surface area (Å²) in [6.45, 7) is 12.1. The fourth-order valence-electron chi connectivity index (χ4n) is 4.89. The van der Waals surface area contributed by atoms with Gasteiger partial charge in [-0.2, -0.15) is 0 Å². The van der Waals surface area contributed by atoms with Crippen LogP contribution in [0.25, 0.3) is 0 Å². The molecule has 0 aromatic heterocycles. The second-order valence-corrected chi connectivity index (χ2v) is 9.76. The molecule has 0 spiro atoms. The van der Waals surface area contributed by atoms with Crippen LogP contribution in [0.4, 0.5) is 0 Å². The number of carbonyl (C=O) groups excluding carboxylic acids is 1. The van der Waals surface area contributed by atoms with Crippen molar-refractivity contribution in [3.63, 3.8) is 0 Å². The molecule has 0 aromatic carbocycles. The van der Waals surface area contributed by atoms with E-state index in [9.17, 15) is 4.79 Å². The van der Waals surface area contributed by atoms with Crippen LogP contribution in [-0.4, -0.2) is 27.9 Å². The lowest BCUT2D eigenvalue weighted by atomic mass is 9.51. The normalized spacial score (nSPS) is 36.7. The van der Waals surface area contributed by atoms with E-state index in [1.807, 2.05) is 41.5 Å². The summed E-state index contributed by atoms with van der Waals surface area (Å²) in [5.74, 6) is 4.03. The second kappa shape index (κ2) is 5.42. The Morgan fingerprint density at radius 2 is 1.43 bits per heavy atom. The number of hydrogen-bond acceptors (Lipinski definition) is 4. The molecule has 130 valence electrons. The molecular weight excluding hydrogens is 290 g/mol. The number of hydrogen-bond donors (Lipinski definition) is 0. The summed E-state index contributed by atoms with van der Waals surface area (Å²) in [6.07, 6.45) is 5.49. The van der Waals surface area contributed by atoms with Gasteiger partial charge in [-0.05, 0) is 91.4 Å². The van der Waals surface area contributed by atoms with Crippen LogP contribution in [0.3, 0.4) is 0 Å². The molecule has 4 bridgehead atoms. The maximum absolute atomic E-state index is 11.8. The molecule has 0 radical (unpaired) electrons. The molecule has 2 unspecified atom stereocenters. The average Bonchev–Trinajstić information content (AvgIpc) is 2.33. The Labute approximate surface area is 140 Å². The quantitative estimate of drug-likeness (QED) is 0.580. The van der Waals surface area contributed by atoms with Gasteiger partial charge in [0.1, 0.15) is 11.5 Å². The molecule has 4 fully saturated rings. The zero-order valence-corrected chi connectivity index (χ0v) is 15.4. The van der Waals surface area contributed by atoms with Crippen LogP contribution in [0.2, 0.25) is 0 Å². The maximum Gasteiger partial charge on any atom is 0.125 e. The van der Waals surface area contributed by atoms with Crippen LogP contribution in [0.1, 0.15) is 73.6 Å². The summed E-state index contributed by atoms with van der Waals surface area (Å²) in [4.78, 5) is 24.3. The van der Waals surface area contributed by atoms with E-state index in [4.69, 9.17) is 9.68 Å². The van der Waals surface area contributed by atoms with Gasteiger partial charge in [0.25, 0.3) is 0 Å². The van der Waals surface area contributed by atoms with Gasteiger partial charge in [0.2, 0.25) is 0 Å². The highest BCUT2D eigenvalue weighted by Crippen LogP contribution is 2.60. The molecule has 23 heavy (non-hydrogen) atoms. The van der Waals surface area contributed by atoms with Crippen LogP contribution in [-0.2, 0) is 14.5 Å². The SMILES string of the molecule is CC(C)(C)ON(OC(C)(C)C)C12CC3CC(CC(C3)C1=C=O)C2. The van der Waals surface area contributed by atoms with E-state index in [1.165, 1.54) is 6.42 Å². The van der Waals surface area contributed by atoms with Crippen LogP contribution >= 0.6 is 0 Å². The lowest BCUT2D eigenvalue weighted by Gasteiger charge is -2.60. The van der Waals surface area contributed by atoms with Gasteiger partial charge in [0.05, 0.1) is 11.2 Å². The molecule has 0 amide bonds. The second-order valence-electron chi connectivity index (χ2n) is 9.76. The standard InChI is InChI=1S/C19H31NO3/c1-17(2,3)22-20(23-18(4,5)6)19-10-13-7-14(11-19)9-15(8-13)16(19)12-21/h13-15H,7-11H2,1-6H3. The number of rotatable bonds is 3. The first-order valence-corrected chi connectivity index (χ1v) is 8.96. The summed E-state index contributed by atoms with van der Waals surface area (Å²) < 4.78 is 0. The van der Waals surface area contributed by atoms with Crippen molar-refractivity contribution in [1.82, 2.24) is 5.23 Å². The smallest absolute Gasteiger partial charge is 0.125 e. The molecule has 4 aliphatic rings. The molecule has 4 aliphatic carbocycles. The molecular formula is C19H31NO3. The topological polar surface area (TPSA) is 38.8 Å². The molecule has 4 rings (SSSR count). The minimum absolute atomic E-state index is 0.369. The number of nitrogens with zero attached hydrogens (tertiary/aromatic N) is 1. The summed E-state index contributed by atoms with van der Waals surface area (Å²) >= 11 is 0. The van der Waals surface area contributed by atoms with Crippen molar-refractivity contribution in [2.24, 2.45) is 17.8 Å². The largest absolute Gasteiger partial charge is 0.268 e. The van der Waals surface area contributed by atoms with Gasteiger partial charge in [-0.3, -0.25) is 9.68 Å². The van der Waals surface area contributed by atoms with E-state index < -0.39 is 5.54 Å². The number of hydroxylamine groups is 2. The van der Waals surface area contributed by atoms with Crippen LogP contribution in [0.5, 0.6) is 0 Å². The molecule has 4 heteroatoms. The van der Waals surface area contributed by atoms with Gasteiger partial charge in [-0.1, -0.05) is 5.23 Å². The lowest BCUT2D eigenvalue weighted by Crippen LogP contribution is -2.63. The summed E-state index contributed by atoms with van der Waals surface area (Å²) in [7, 11) is 0. The Hall–Kier alpha value is -0.670. The highest BCUT2D eigenvalue weighted by molar-refractivity contribution is 5.59. The summed E-state index contributed by atoms with van der Waals surface area (Å²) in [6, 6.07) is 0. The van der Waals surface area contributed by atoms with Gasteiger partial charge < -0.3 is 0 Å². The predicted molar refractivity (Wildman–Crippen MR) is 89.0 cm³/mol. The van der Waals surface area contributed by atoms with Gasteiger partial charge in [0, 0.05) is 5.57 Å². The van der Waals surface area contributed by atoms with Crippen molar-refractivity contribution < 1.29 is 14.5 Å². The molecule has 0 aliphatic heterocycles. The van der Waals surface area contributed by atoms with Crippen molar-refractivity contribution in [3.05, 3.63) is 5.57 Å². The van der Waals surface area contributed by atoms with Crippen LogP contribution in [0.15, 0.2) is 5.57 Å². The Morgan fingerprint density at radius 1 is 0.957 bits per heavy atom. The van der Waals surface area contributed by atoms with E-state index >= 15 is 0 Å². The molecule has 2 atom stereocenters. The van der Waals surface area contributed by atoms with E-state index in [-0.39, 0.29) is 11.2 Å². The molecule has 0 heterocycles. The highest BCUT2D eigenvalue weighted by atomic mass is 17.0. The van der Waals surface area contributed by atoms with Crippen molar-refractivity contribution >= 4 is 5.94 Å². The molecule has 0 N–H and O–H groups in total. The summed E-state index contributed by atoms with van der Waals surface area (Å²) in [5.41, 5.74) is -0.277. The van der Waals surface area contributed by atoms with Crippen LogP contribution < -0.4 is 0 Å². The third kappa shape index (κ3) is 3.28. The van der Waals surface area contributed by atoms with Crippen LogP contribution in [0, 0.1) is 17.8 Å². The third-order valence-corrected chi connectivity index (χ3v) is 5.24. The average molecular weight is 321 g/mol. The Bertz CT molecular complexity index is 492. The van der Waals surface area contributed by atoms with Crippen molar-refractivity contribution in [2.75, 3.05) is 0 Å². The minimum atomic E-state index is -0.420. The molecule has 4 saturated carbocycles. The zero-order valence-electron chi connectivity index (χ0n) is 15.4.